The van der Waals surface area contributed by atoms with Crippen LogP contribution < -0.4 is 15.0 Å². The Kier molecular flexibility index (Phi) is 6.15. The fraction of sp³-hybridized carbons (Fsp3) is 0.217. The first-order valence-corrected chi connectivity index (χ1v) is 9.78. The van der Waals surface area contributed by atoms with Gasteiger partial charge in [-0.15, -0.1) is 0 Å². The second kappa shape index (κ2) is 9.32. The van der Waals surface area contributed by atoms with Crippen LogP contribution in [0.2, 0.25) is 0 Å². The monoisotopic (exact) mass is 421 g/mol. The van der Waals surface area contributed by atoms with Crippen molar-refractivity contribution in [3.8, 4) is 11.8 Å². The van der Waals surface area contributed by atoms with Gasteiger partial charge in [-0.1, -0.05) is 12.1 Å². The lowest BCUT2D eigenvalue weighted by Gasteiger charge is -2.29. The van der Waals surface area contributed by atoms with E-state index in [4.69, 9.17) is 19.2 Å². The van der Waals surface area contributed by atoms with Crippen molar-refractivity contribution < 1.29 is 23.1 Å². The van der Waals surface area contributed by atoms with Gasteiger partial charge in [-0.3, -0.25) is 4.79 Å². The summed E-state index contributed by atoms with van der Waals surface area (Å²) in [7, 11) is 0. The number of para-hydroxylation sites is 1. The first-order valence-electron chi connectivity index (χ1n) is 9.78. The molecule has 1 N–H and O–H groups in total. The lowest BCUT2D eigenvalue weighted by Crippen LogP contribution is -2.36. The number of hydrogen-bond acceptors (Lipinski definition) is 6. The lowest BCUT2D eigenvalue weighted by atomic mass is 10.2. The van der Waals surface area contributed by atoms with Crippen molar-refractivity contribution in [2.75, 3.05) is 36.5 Å². The zero-order chi connectivity index (χ0) is 21.6. The van der Waals surface area contributed by atoms with Crippen molar-refractivity contribution in [2.45, 2.75) is 6.61 Å². The van der Waals surface area contributed by atoms with E-state index in [1.165, 1.54) is 12.1 Å². The third-order valence-corrected chi connectivity index (χ3v) is 4.82. The molecule has 7 nitrogen and oxygen atoms in total. The van der Waals surface area contributed by atoms with Gasteiger partial charge in [0.15, 0.2) is 5.76 Å². The van der Waals surface area contributed by atoms with Crippen molar-refractivity contribution in [1.82, 2.24) is 0 Å². The third kappa shape index (κ3) is 4.85. The van der Waals surface area contributed by atoms with Crippen LogP contribution in [-0.2, 0) is 11.3 Å². The molecule has 0 unspecified atom stereocenters. The highest BCUT2D eigenvalue weighted by Gasteiger charge is 2.17. The summed E-state index contributed by atoms with van der Waals surface area (Å²) in [6.45, 7) is 2.43. The number of ether oxygens (including phenoxy) is 2. The standard InChI is InChI=1S/C23H20FN3O4/c24-19-13-17(5-7-20(19)27-9-11-29-12-10-27)26-23(28)22-8-6-18(31-22)15-30-21-4-2-1-3-16(21)14-25/h1-8,13H,9-12,15H2,(H,26,28). The average Bonchev–Trinajstić information content (AvgIpc) is 3.28. The van der Waals surface area contributed by atoms with Crippen LogP contribution >= 0.6 is 0 Å². The van der Waals surface area contributed by atoms with Gasteiger partial charge in [0.25, 0.3) is 5.91 Å². The van der Waals surface area contributed by atoms with E-state index in [1.807, 2.05) is 4.90 Å². The Labute approximate surface area is 178 Å². The zero-order valence-electron chi connectivity index (χ0n) is 16.6. The smallest absolute Gasteiger partial charge is 0.291 e. The molecule has 0 saturated carbocycles. The number of halogens is 1. The maximum Gasteiger partial charge on any atom is 0.291 e. The maximum atomic E-state index is 14.5. The zero-order valence-corrected chi connectivity index (χ0v) is 16.6. The number of carbonyl (C=O) groups excluding carboxylic acids is 1. The van der Waals surface area contributed by atoms with Gasteiger partial charge in [-0.25, -0.2) is 4.39 Å². The van der Waals surface area contributed by atoms with Crippen LogP contribution in [-0.4, -0.2) is 32.2 Å². The summed E-state index contributed by atoms with van der Waals surface area (Å²) >= 11 is 0. The van der Waals surface area contributed by atoms with Gasteiger partial charge in [0, 0.05) is 18.8 Å². The van der Waals surface area contributed by atoms with Gasteiger partial charge in [0.2, 0.25) is 0 Å². The molecule has 8 heteroatoms. The summed E-state index contributed by atoms with van der Waals surface area (Å²) in [5.41, 5.74) is 1.22. The predicted molar refractivity (Wildman–Crippen MR) is 112 cm³/mol. The number of rotatable bonds is 6. The number of furan rings is 1. The van der Waals surface area contributed by atoms with Crippen LogP contribution in [0.4, 0.5) is 15.8 Å². The Bertz CT molecular complexity index is 1120. The molecule has 1 aliphatic heterocycles. The highest BCUT2D eigenvalue weighted by molar-refractivity contribution is 6.02. The molecule has 1 saturated heterocycles. The first kappa shape index (κ1) is 20.4. The van der Waals surface area contributed by atoms with Gasteiger partial charge in [0.05, 0.1) is 24.5 Å². The number of hydrogen-bond donors (Lipinski definition) is 1. The van der Waals surface area contributed by atoms with Gasteiger partial charge in [-0.2, -0.15) is 5.26 Å². The minimum atomic E-state index is -0.498. The summed E-state index contributed by atoms with van der Waals surface area (Å²) in [6.07, 6.45) is 0. The van der Waals surface area contributed by atoms with E-state index < -0.39 is 11.7 Å². The predicted octanol–water partition coefficient (Wildman–Crippen LogP) is 3.96. The Morgan fingerprint density at radius 2 is 1.97 bits per heavy atom. The number of nitrogens with one attached hydrogen (secondary N) is 1. The van der Waals surface area contributed by atoms with Crippen LogP contribution in [0.25, 0.3) is 0 Å². The number of carbonyl (C=O) groups is 1. The molecule has 0 bridgehead atoms. The van der Waals surface area contributed by atoms with E-state index in [1.54, 1.807) is 42.5 Å². The van der Waals surface area contributed by atoms with E-state index in [9.17, 15) is 9.18 Å². The molecule has 1 amide bonds. The minimum absolute atomic E-state index is 0.0643. The number of nitriles is 1. The summed E-state index contributed by atoms with van der Waals surface area (Å²) in [5.74, 6) is 0.0198. The van der Waals surface area contributed by atoms with Crippen LogP contribution in [0.5, 0.6) is 5.75 Å². The quantitative estimate of drug-likeness (QED) is 0.648. The molecule has 158 valence electrons. The van der Waals surface area contributed by atoms with Gasteiger partial charge >= 0.3 is 0 Å². The molecule has 1 fully saturated rings. The van der Waals surface area contributed by atoms with Crippen molar-refractivity contribution in [3.63, 3.8) is 0 Å². The molecule has 2 aromatic carbocycles. The van der Waals surface area contributed by atoms with Crippen molar-refractivity contribution in [3.05, 3.63) is 77.5 Å². The van der Waals surface area contributed by atoms with Crippen LogP contribution in [0.15, 0.2) is 59.0 Å². The molecular weight excluding hydrogens is 401 g/mol. The normalized spacial score (nSPS) is 13.5. The van der Waals surface area contributed by atoms with Gasteiger partial charge in [0.1, 0.15) is 30.0 Å². The molecule has 3 aromatic rings. The number of anilines is 2. The number of morpholine rings is 1. The van der Waals surface area contributed by atoms with E-state index in [2.05, 4.69) is 11.4 Å². The molecule has 2 heterocycles. The van der Waals surface area contributed by atoms with Crippen molar-refractivity contribution >= 4 is 17.3 Å². The third-order valence-electron chi connectivity index (χ3n) is 4.82. The molecule has 0 radical (unpaired) electrons. The van der Waals surface area contributed by atoms with Crippen LogP contribution in [0.3, 0.4) is 0 Å². The Morgan fingerprint density at radius 1 is 1.16 bits per heavy atom. The fourth-order valence-corrected chi connectivity index (χ4v) is 3.25. The summed E-state index contributed by atoms with van der Waals surface area (Å²) in [6, 6.07) is 16.6. The summed E-state index contributed by atoms with van der Waals surface area (Å²) in [5, 5.41) is 11.7. The fourth-order valence-electron chi connectivity index (χ4n) is 3.25. The highest BCUT2D eigenvalue weighted by Crippen LogP contribution is 2.24. The largest absolute Gasteiger partial charge is 0.484 e. The second-order valence-electron chi connectivity index (χ2n) is 6.88. The van der Waals surface area contributed by atoms with Crippen molar-refractivity contribution in [2.24, 2.45) is 0 Å². The number of benzene rings is 2. The Hall–Kier alpha value is -3.83. The summed E-state index contributed by atoms with van der Waals surface area (Å²) in [4.78, 5) is 14.4. The van der Waals surface area contributed by atoms with Gasteiger partial charge < -0.3 is 24.1 Å². The minimum Gasteiger partial charge on any atom is -0.484 e. The Balaban J connectivity index is 1.37. The number of amides is 1. The Morgan fingerprint density at radius 3 is 2.74 bits per heavy atom. The lowest BCUT2D eigenvalue weighted by molar-refractivity contribution is 0.0992. The second-order valence-corrected chi connectivity index (χ2v) is 6.88. The number of nitrogens with zero attached hydrogens (tertiary/aromatic N) is 2. The van der Waals surface area contributed by atoms with Gasteiger partial charge in [-0.05, 0) is 42.5 Å². The highest BCUT2D eigenvalue weighted by atomic mass is 19.1. The molecule has 0 aliphatic carbocycles. The summed E-state index contributed by atoms with van der Waals surface area (Å²) < 4.78 is 30.9. The molecule has 4 rings (SSSR count). The van der Waals surface area contributed by atoms with Crippen molar-refractivity contribution in [1.29, 1.82) is 5.26 Å². The molecular formula is C23H20FN3O4. The SMILES string of the molecule is N#Cc1ccccc1OCc1ccc(C(=O)Nc2ccc(N3CCOCC3)c(F)c2)o1. The maximum absolute atomic E-state index is 14.5. The molecule has 31 heavy (non-hydrogen) atoms. The van der Waals surface area contributed by atoms with Crippen LogP contribution in [0.1, 0.15) is 21.9 Å². The molecule has 0 atom stereocenters. The molecule has 0 spiro atoms. The van der Waals surface area contributed by atoms with E-state index in [0.717, 1.165) is 0 Å². The average molecular weight is 421 g/mol. The molecule has 1 aliphatic rings. The van der Waals surface area contributed by atoms with E-state index in [-0.39, 0.29) is 12.4 Å². The first-order chi connectivity index (χ1) is 15.1. The van der Waals surface area contributed by atoms with E-state index >= 15 is 0 Å². The van der Waals surface area contributed by atoms with E-state index in [0.29, 0.717) is 54.8 Å². The van der Waals surface area contributed by atoms with Crippen LogP contribution in [0, 0.1) is 17.1 Å². The molecule has 1 aromatic heterocycles. The topological polar surface area (TPSA) is 87.7 Å².